The summed E-state index contributed by atoms with van der Waals surface area (Å²) in [6, 6.07) is 0. The largest absolute Gasteiger partial charge is 0.509 e. The number of hydrogen-bond acceptors (Lipinski definition) is 4. The quantitative estimate of drug-likeness (QED) is 0.411. The molecule has 0 heterocycles. The normalized spacial score (nSPS) is 12.0. The zero-order chi connectivity index (χ0) is 6.62. The fourth-order valence-electron chi connectivity index (χ4n) is 0.290. The van der Waals surface area contributed by atoms with Gasteiger partial charge >= 0.3 is 8.80 Å². The first-order chi connectivity index (χ1) is 3.62. The van der Waals surface area contributed by atoms with E-state index in [2.05, 4.69) is 4.43 Å². The summed E-state index contributed by atoms with van der Waals surface area (Å²) in [5.74, 6) is 0. The summed E-state index contributed by atoms with van der Waals surface area (Å²) in [5.41, 5.74) is 4.93. The van der Waals surface area contributed by atoms with Gasteiger partial charge in [0.25, 0.3) is 0 Å². The number of rotatable bonds is 3. The van der Waals surface area contributed by atoms with Gasteiger partial charge < -0.3 is 19.8 Å². The standard InChI is InChI=1S/C3H11NO3Si/c1-2-7-8(5,6)3-4/h5-6H,2-4H2,1H3. The van der Waals surface area contributed by atoms with Crippen LogP contribution in [0, 0.1) is 0 Å². The lowest BCUT2D eigenvalue weighted by Gasteiger charge is -2.12. The van der Waals surface area contributed by atoms with Crippen molar-refractivity contribution in [2.45, 2.75) is 6.92 Å². The summed E-state index contributed by atoms with van der Waals surface area (Å²) < 4.78 is 4.50. The SMILES string of the molecule is CCO[Si](O)(O)CN. The predicted octanol–water partition coefficient (Wildman–Crippen LogP) is -1.56. The average molecular weight is 137 g/mol. The second-order valence-electron chi connectivity index (χ2n) is 1.38. The lowest BCUT2D eigenvalue weighted by Crippen LogP contribution is -2.47. The summed E-state index contributed by atoms with van der Waals surface area (Å²) in [6.07, 6.45) is -0.166. The molecule has 0 spiro atoms. The molecule has 0 aromatic heterocycles. The third kappa shape index (κ3) is 3.11. The molecule has 50 valence electrons. The van der Waals surface area contributed by atoms with Gasteiger partial charge in [-0.15, -0.1) is 0 Å². The highest BCUT2D eigenvalue weighted by Gasteiger charge is 2.28. The highest BCUT2D eigenvalue weighted by molar-refractivity contribution is 6.57. The van der Waals surface area contributed by atoms with E-state index >= 15 is 0 Å². The molecule has 0 unspecified atom stereocenters. The van der Waals surface area contributed by atoms with Gasteiger partial charge in [0.2, 0.25) is 0 Å². The first-order valence-electron chi connectivity index (χ1n) is 2.41. The minimum atomic E-state index is -3.40. The molecular formula is C3H11NO3Si. The van der Waals surface area contributed by atoms with Crippen LogP contribution < -0.4 is 5.73 Å². The molecule has 0 aromatic carbocycles. The van der Waals surface area contributed by atoms with Crippen LogP contribution in [0.2, 0.25) is 0 Å². The molecule has 0 aromatic rings. The molecule has 0 aliphatic carbocycles. The van der Waals surface area contributed by atoms with Gasteiger partial charge in [-0.1, -0.05) is 0 Å². The second kappa shape index (κ2) is 3.16. The lowest BCUT2D eigenvalue weighted by atomic mass is 10.9. The summed E-state index contributed by atoms with van der Waals surface area (Å²) >= 11 is 0. The van der Waals surface area contributed by atoms with Crippen molar-refractivity contribution in [2.24, 2.45) is 5.73 Å². The fraction of sp³-hybridized carbons (Fsp3) is 1.00. The highest BCUT2D eigenvalue weighted by Crippen LogP contribution is 1.89. The first-order valence-corrected chi connectivity index (χ1v) is 4.42. The predicted molar refractivity (Wildman–Crippen MR) is 30.9 cm³/mol. The summed E-state index contributed by atoms with van der Waals surface area (Å²) in [7, 11) is -3.40. The van der Waals surface area contributed by atoms with E-state index in [4.69, 9.17) is 15.3 Å². The van der Waals surface area contributed by atoms with Gasteiger partial charge in [-0.2, -0.15) is 0 Å². The Balaban J connectivity index is 3.37. The maximum atomic E-state index is 8.67. The van der Waals surface area contributed by atoms with E-state index in [0.29, 0.717) is 6.61 Å². The summed E-state index contributed by atoms with van der Waals surface area (Å²) in [5, 5.41) is 0. The van der Waals surface area contributed by atoms with Crippen LogP contribution in [-0.2, 0) is 4.43 Å². The topological polar surface area (TPSA) is 75.7 Å². The minimum Gasteiger partial charge on any atom is -0.389 e. The van der Waals surface area contributed by atoms with E-state index in [0.717, 1.165) is 0 Å². The second-order valence-corrected chi connectivity index (χ2v) is 3.56. The van der Waals surface area contributed by atoms with Gasteiger partial charge in [-0.25, -0.2) is 0 Å². The molecule has 4 nitrogen and oxygen atoms in total. The Hall–Kier alpha value is 0.0569. The Labute approximate surface area is 49.3 Å². The van der Waals surface area contributed by atoms with Gasteiger partial charge in [0, 0.05) is 6.61 Å². The molecular weight excluding hydrogens is 126 g/mol. The smallest absolute Gasteiger partial charge is 0.389 e. The molecule has 4 N–H and O–H groups in total. The van der Waals surface area contributed by atoms with E-state index in [9.17, 15) is 0 Å². The van der Waals surface area contributed by atoms with E-state index in [1.54, 1.807) is 6.92 Å². The van der Waals surface area contributed by atoms with Crippen molar-refractivity contribution in [3.8, 4) is 0 Å². The zero-order valence-corrected chi connectivity index (χ0v) is 5.79. The molecule has 0 saturated heterocycles. The third-order valence-corrected chi connectivity index (χ3v) is 1.92. The van der Waals surface area contributed by atoms with Gasteiger partial charge in [-0.05, 0) is 6.92 Å². The van der Waals surface area contributed by atoms with Crippen LogP contribution in [0.15, 0.2) is 0 Å². The average Bonchev–Trinajstić information content (AvgIpc) is 1.67. The van der Waals surface area contributed by atoms with Crippen LogP contribution in [0.4, 0.5) is 0 Å². The maximum absolute atomic E-state index is 8.67. The van der Waals surface area contributed by atoms with Crippen molar-refractivity contribution in [1.82, 2.24) is 0 Å². The summed E-state index contributed by atoms with van der Waals surface area (Å²) in [4.78, 5) is 17.3. The van der Waals surface area contributed by atoms with Crippen LogP contribution in [0.3, 0.4) is 0 Å². The fourth-order valence-corrected chi connectivity index (χ4v) is 0.870. The van der Waals surface area contributed by atoms with Crippen LogP contribution in [0.5, 0.6) is 0 Å². The van der Waals surface area contributed by atoms with Crippen molar-refractivity contribution < 1.29 is 14.0 Å². The molecule has 0 aliphatic heterocycles. The molecule has 0 radical (unpaired) electrons. The Bertz CT molecular complexity index is 67.5. The van der Waals surface area contributed by atoms with E-state index in [1.807, 2.05) is 0 Å². The number of hydrogen-bond donors (Lipinski definition) is 3. The summed E-state index contributed by atoms with van der Waals surface area (Å²) in [6.45, 7) is 1.99. The first kappa shape index (κ1) is 8.06. The lowest BCUT2D eigenvalue weighted by molar-refractivity contribution is 0.157. The maximum Gasteiger partial charge on any atom is 0.509 e. The molecule has 0 saturated carbocycles. The Morgan fingerprint density at radius 3 is 2.25 bits per heavy atom. The molecule has 0 aliphatic rings. The van der Waals surface area contributed by atoms with Crippen LogP contribution >= 0.6 is 0 Å². The van der Waals surface area contributed by atoms with Crippen LogP contribution in [0.1, 0.15) is 6.92 Å². The molecule has 0 atom stereocenters. The van der Waals surface area contributed by atoms with Gasteiger partial charge in [0.05, 0.1) is 6.17 Å². The zero-order valence-electron chi connectivity index (χ0n) is 4.79. The van der Waals surface area contributed by atoms with Crippen molar-refractivity contribution in [3.05, 3.63) is 0 Å². The van der Waals surface area contributed by atoms with Crippen molar-refractivity contribution in [1.29, 1.82) is 0 Å². The minimum absolute atomic E-state index is 0.166. The van der Waals surface area contributed by atoms with Crippen LogP contribution in [0.25, 0.3) is 0 Å². The van der Waals surface area contributed by atoms with Gasteiger partial charge in [-0.3, -0.25) is 0 Å². The van der Waals surface area contributed by atoms with Crippen molar-refractivity contribution >= 4 is 8.80 Å². The van der Waals surface area contributed by atoms with E-state index in [1.165, 1.54) is 0 Å². The monoisotopic (exact) mass is 137 g/mol. The van der Waals surface area contributed by atoms with Crippen molar-refractivity contribution in [3.63, 3.8) is 0 Å². The van der Waals surface area contributed by atoms with E-state index < -0.39 is 8.80 Å². The van der Waals surface area contributed by atoms with E-state index in [-0.39, 0.29) is 6.17 Å². The van der Waals surface area contributed by atoms with Crippen molar-refractivity contribution in [2.75, 3.05) is 12.8 Å². The Morgan fingerprint density at radius 2 is 2.12 bits per heavy atom. The highest BCUT2D eigenvalue weighted by atomic mass is 28.4. The molecule has 0 amide bonds. The van der Waals surface area contributed by atoms with Gasteiger partial charge in [0.15, 0.2) is 0 Å². The number of nitrogens with two attached hydrogens (primary N) is 1. The molecule has 5 heteroatoms. The van der Waals surface area contributed by atoms with Crippen LogP contribution in [-0.4, -0.2) is 31.2 Å². The Morgan fingerprint density at radius 1 is 1.62 bits per heavy atom. The van der Waals surface area contributed by atoms with Gasteiger partial charge in [0.1, 0.15) is 0 Å². The Kier molecular flexibility index (Phi) is 3.18. The third-order valence-electron chi connectivity index (χ3n) is 0.641. The molecule has 0 bridgehead atoms. The molecule has 0 fully saturated rings. The molecule has 8 heavy (non-hydrogen) atoms. The molecule has 0 rings (SSSR count).